The van der Waals surface area contributed by atoms with Gasteiger partial charge in [0.25, 0.3) is 0 Å². The number of halogens is 1. The number of aromatic nitrogens is 2. The van der Waals surface area contributed by atoms with E-state index in [2.05, 4.69) is 20.4 Å². The Bertz CT molecular complexity index is 547. The van der Waals surface area contributed by atoms with Crippen molar-refractivity contribution in [1.82, 2.24) is 20.4 Å². The maximum Gasteiger partial charge on any atom is 0.247 e. The summed E-state index contributed by atoms with van der Waals surface area (Å²) >= 11 is 5.87. The molecule has 0 bridgehead atoms. The smallest absolute Gasteiger partial charge is 0.247 e. The molecule has 1 N–H and O–H groups in total. The first-order chi connectivity index (χ1) is 9.81. The maximum atomic E-state index is 5.87. The molecule has 0 radical (unpaired) electrons. The second-order valence-corrected chi connectivity index (χ2v) is 5.32. The fourth-order valence-corrected chi connectivity index (χ4v) is 2.40. The first-order valence-electron chi connectivity index (χ1n) is 6.83. The molecule has 0 unspecified atom stereocenters. The van der Waals surface area contributed by atoms with Crippen molar-refractivity contribution >= 4 is 11.6 Å². The van der Waals surface area contributed by atoms with Gasteiger partial charge in [0, 0.05) is 23.7 Å². The first kappa shape index (κ1) is 13.5. The third kappa shape index (κ3) is 3.36. The summed E-state index contributed by atoms with van der Waals surface area (Å²) in [5.74, 6) is 1.21. The molecule has 2 heterocycles. The Morgan fingerprint density at radius 1 is 1.15 bits per heavy atom. The molecule has 1 fully saturated rings. The fraction of sp³-hybridized carbons (Fsp3) is 0.429. The second-order valence-electron chi connectivity index (χ2n) is 4.89. The lowest BCUT2D eigenvalue weighted by molar-refractivity contribution is 0.255. The van der Waals surface area contributed by atoms with Crippen molar-refractivity contribution in [1.29, 1.82) is 0 Å². The Kier molecular flexibility index (Phi) is 4.30. The van der Waals surface area contributed by atoms with Gasteiger partial charge in [0.15, 0.2) is 0 Å². The summed E-state index contributed by atoms with van der Waals surface area (Å²) in [6.45, 7) is 4.88. The summed E-state index contributed by atoms with van der Waals surface area (Å²) in [6, 6.07) is 7.41. The van der Waals surface area contributed by atoms with Gasteiger partial charge in [-0.2, -0.15) is 0 Å². The Morgan fingerprint density at radius 3 is 2.85 bits per heavy atom. The van der Waals surface area contributed by atoms with Crippen LogP contribution >= 0.6 is 11.6 Å². The van der Waals surface area contributed by atoms with Crippen LogP contribution in [0, 0.1) is 0 Å². The van der Waals surface area contributed by atoms with E-state index >= 15 is 0 Å². The highest BCUT2D eigenvalue weighted by atomic mass is 35.5. The van der Waals surface area contributed by atoms with Gasteiger partial charge < -0.3 is 9.73 Å². The minimum absolute atomic E-state index is 0.546. The van der Waals surface area contributed by atoms with Gasteiger partial charge in [-0.3, -0.25) is 4.90 Å². The molecule has 0 aliphatic carbocycles. The van der Waals surface area contributed by atoms with Gasteiger partial charge in [-0.25, -0.2) is 0 Å². The number of rotatable bonds is 3. The summed E-state index contributed by atoms with van der Waals surface area (Å²) in [4.78, 5) is 2.33. The van der Waals surface area contributed by atoms with Crippen LogP contribution in [-0.2, 0) is 6.54 Å². The Balaban J connectivity index is 1.68. The van der Waals surface area contributed by atoms with Crippen LogP contribution in [0.5, 0.6) is 0 Å². The van der Waals surface area contributed by atoms with Crippen LogP contribution in [0.3, 0.4) is 0 Å². The molecule has 1 aromatic carbocycles. The molecule has 1 saturated heterocycles. The number of hydrogen-bond donors (Lipinski definition) is 1. The molecule has 0 atom stereocenters. The van der Waals surface area contributed by atoms with Crippen molar-refractivity contribution in [2.24, 2.45) is 0 Å². The molecule has 1 aliphatic rings. The standard InChI is InChI=1S/C14H17ClN4O/c15-12-4-2-11(3-5-12)14-18-17-13(20-14)10-19-8-1-6-16-7-9-19/h2-5,16H,1,6-10H2. The van der Waals surface area contributed by atoms with Gasteiger partial charge >= 0.3 is 0 Å². The summed E-state index contributed by atoms with van der Waals surface area (Å²) in [5.41, 5.74) is 0.894. The molecule has 5 nitrogen and oxygen atoms in total. The minimum atomic E-state index is 0.546. The third-order valence-corrected chi connectivity index (χ3v) is 3.60. The highest BCUT2D eigenvalue weighted by Gasteiger charge is 2.14. The highest BCUT2D eigenvalue weighted by Crippen LogP contribution is 2.20. The number of hydrogen-bond acceptors (Lipinski definition) is 5. The zero-order valence-corrected chi connectivity index (χ0v) is 11.9. The number of nitrogens with one attached hydrogen (secondary N) is 1. The van der Waals surface area contributed by atoms with Crippen LogP contribution in [0.2, 0.25) is 5.02 Å². The molecule has 0 amide bonds. The van der Waals surface area contributed by atoms with E-state index in [1.54, 1.807) is 0 Å². The number of nitrogens with zero attached hydrogens (tertiary/aromatic N) is 3. The quantitative estimate of drug-likeness (QED) is 0.940. The second kappa shape index (κ2) is 6.35. The Morgan fingerprint density at radius 2 is 2.00 bits per heavy atom. The van der Waals surface area contributed by atoms with Crippen molar-refractivity contribution in [3.63, 3.8) is 0 Å². The molecule has 106 valence electrons. The predicted molar refractivity (Wildman–Crippen MR) is 77.5 cm³/mol. The van der Waals surface area contributed by atoms with Crippen molar-refractivity contribution < 1.29 is 4.42 Å². The van der Waals surface area contributed by atoms with E-state index in [0.29, 0.717) is 23.3 Å². The van der Waals surface area contributed by atoms with E-state index in [9.17, 15) is 0 Å². The van der Waals surface area contributed by atoms with Gasteiger partial charge in [-0.15, -0.1) is 10.2 Å². The van der Waals surface area contributed by atoms with E-state index in [4.69, 9.17) is 16.0 Å². The lowest BCUT2D eigenvalue weighted by atomic mass is 10.2. The van der Waals surface area contributed by atoms with Crippen molar-refractivity contribution in [3.05, 3.63) is 35.2 Å². The van der Waals surface area contributed by atoms with Crippen LogP contribution in [0.1, 0.15) is 12.3 Å². The highest BCUT2D eigenvalue weighted by molar-refractivity contribution is 6.30. The summed E-state index contributed by atoms with van der Waals surface area (Å²) in [6.07, 6.45) is 1.15. The molecular formula is C14H17ClN4O. The molecule has 2 aromatic rings. The van der Waals surface area contributed by atoms with Crippen LogP contribution in [0.25, 0.3) is 11.5 Å². The molecule has 3 rings (SSSR count). The maximum absolute atomic E-state index is 5.87. The molecule has 0 spiro atoms. The number of benzene rings is 1. The van der Waals surface area contributed by atoms with Crippen LogP contribution in [-0.4, -0.2) is 41.3 Å². The normalized spacial score (nSPS) is 17.1. The van der Waals surface area contributed by atoms with Crippen LogP contribution < -0.4 is 5.32 Å². The molecule has 6 heteroatoms. The minimum Gasteiger partial charge on any atom is -0.419 e. The fourth-order valence-electron chi connectivity index (χ4n) is 2.28. The van der Waals surface area contributed by atoms with Gasteiger partial charge in [-0.1, -0.05) is 11.6 Å². The van der Waals surface area contributed by atoms with Crippen LogP contribution in [0.15, 0.2) is 28.7 Å². The molecular weight excluding hydrogens is 276 g/mol. The van der Waals surface area contributed by atoms with E-state index in [-0.39, 0.29) is 0 Å². The topological polar surface area (TPSA) is 54.2 Å². The lowest BCUT2D eigenvalue weighted by Crippen LogP contribution is -2.27. The zero-order chi connectivity index (χ0) is 13.8. The third-order valence-electron chi connectivity index (χ3n) is 3.35. The van der Waals surface area contributed by atoms with Gasteiger partial charge in [0.05, 0.1) is 6.54 Å². The molecule has 0 saturated carbocycles. The van der Waals surface area contributed by atoms with E-state index < -0.39 is 0 Å². The van der Waals surface area contributed by atoms with E-state index in [1.807, 2.05) is 24.3 Å². The molecule has 1 aliphatic heterocycles. The van der Waals surface area contributed by atoms with Crippen molar-refractivity contribution in [3.8, 4) is 11.5 Å². The summed E-state index contributed by atoms with van der Waals surface area (Å²) < 4.78 is 5.73. The average Bonchev–Trinajstić information content (AvgIpc) is 2.76. The van der Waals surface area contributed by atoms with E-state index in [1.165, 1.54) is 0 Å². The van der Waals surface area contributed by atoms with Crippen LogP contribution in [0.4, 0.5) is 0 Å². The SMILES string of the molecule is Clc1ccc(-c2nnc(CN3CCCNCC3)o2)cc1. The molecule has 1 aromatic heterocycles. The Labute approximate surface area is 122 Å². The monoisotopic (exact) mass is 292 g/mol. The van der Waals surface area contributed by atoms with Gasteiger partial charge in [-0.05, 0) is 43.8 Å². The first-order valence-corrected chi connectivity index (χ1v) is 7.20. The summed E-state index contributed by atoms with van der Waals surface area (Å²) in [7, 11) is 0. The van der Waals surface area contributed by atoms with Crippen molar-refractivity contribution in [2.75, 3.05) is 26.2 Å². The predicted octanol–water partition coefficient (Wildman–Crippen LogP) is 2.19. The summed E-state index contributed by atoms with van der Waals surface area (Å²) in [5, 5.41) is 12.3. The molecule has 20 heavy (non-hydrogen) atoms. The lowest BCUT2D eigenvalue weighted by Gasteiger charge is -2.16. The van der Waals surface area contributed by atoms with Gasteiger partial charge in [0.1, 0.15) is 0 Å². The Hall–Kier alpha value is -1.43. The average molecular weight is 293 g/mol. The van der Waals surface area contributed by atoms with E-state index in [0.717, 1.165) is 38.2 Å². The largest absolute Gasteiger partial charge is 0.419 e. The van der Waals surface area contributed by atoms with Crippen molar-refractivity contribution in [2.45, 2.75) is 13.0 Å². The van der Waals surface area contributed by atoms with Gasteiger partial charge in [0.2, 0.25) is 11.8 Å². The zero-order valence-electron chi connectivity index (χ0n) is 11.2.